The van der Waals surface area contributed by atoms with E-state index in [-0.39, 0.29) is 5.91 Å². The quantitative estimate of drug-likeness (QED) is 0.872. The molecule has 5 nitrogen and oxygen atoms in total. The molecular formula is C17H18Cl2N4O. The summed E-state index contributed by atoms with van der Waals surface area (Å²) in [6.07, 6.45) is 4.26. The third-order valence-corrected chi connectivity index (χ3v) is 4.94. The molecule has 0 atom stereocenters. The Hall–Kier alpha value is -1.98. The van der Waals surface area contributed by atoms with Crippen molar-refractivity contribution >= 4 is 40.5 Å². The van der Waals surface area contributed by atoms with Crippen LogP contribution in [0.1, 0.15) is 12.8 Å². The van der Waals surface area contributed by atoms with Crippen LogP contribution in [0, 0.1) is 0 Å². The lowest BCUT2D eigenvalue weighted by Crippen LogP contribution is -2.57. The average Bonchev–Trinajstić information content (AvgIpc) is 2.57. The predicted molar refractivity (Wildman–Crippen MR) is 97.7 cm³/mol. The lowest BCUT2D eigenvalue weighted by molar-refractivity contribution is -0.122. The molecule has 0 unspecified atom stereocenters. The maximum absolute atomic E-state index is 12.1. The highest BCUT2D eigenvalue weighted by atomic mass is 35.5. The molecule has 1 aliphatic heterocycles. The largest absolute Gasteiger partial charge is 0.371 e. The summed E-state index contributed by atoms with van der Waals surface area (Å²) in [6.45, 7) is 1.23. The SMILES string of the molecule is NC(=O)C1(Nc2ccccc2)CCN(c2c(Cl)cncc2Cl)CC1. The monoisotopic (exact) mass is 364 g/mol. The van der Waals surface area contributed by atoms with Crippen molar-refractivity contribution in [3.63, 3.8) is 0 Å². The zero-order valence-corrected chi connectivity index (χ0v) is 14.5. The smallest absolute Gasteiger partial charge is 0.243 e. The minimum atomic E-state index is -0.774. The Morgan fingerprint density at radius 3 is 2.25 bits per heavy atom. The minimum Gasteiger partial charge on any atom is -0.371 e. The number of nitrogens with one attached hydrogen (secondary N) is 1. The van der Waals surface area contributed by atoms with Gasteiger partial charge in [-0.3, -0.25) is 9.78 Å². The van der Waals surface area contributed by atoms with E-state index in [1.807, 2.05) is 30.3 Å². The summed E-state index contributed by atoms with van der Waals surface area (Å²) in [5.41, 5.74) is 6.57. The van der Waals surface area contributed by atoms with Gasteiger partial charge in [-0.15, -0.1) is 0 Å². The van der Waals surface area contributed by atoms with Crippen LogP contribution >= 0.6 is 23.2 Å². The summed E-state index contributed by atoms with van der Waals surface area (Å²) in [7, 11) is 0. The van der Waals surface area contributed by atoms with Gasteiger partial charge >= 0.3 is 0 Å². The number of pyridine rings is 1. The van der Waals surface area contributed by atoms with Crippen molar-refractivity contribution in [1.29, 1.82) is 0 Å². The number of benzene rings is 1. The van der Waals surface area contributed by atoms with E-state index in [9.17, 15) is 4.79 Å². The number of hydrogen-bond acceptors (Lipinski definition) is 4. The van der Waals surface area contributed by atoms with Gasteiger partial charge in [0.25, 0.3) is 0 Å². The van der Waals surface area contributed by atoms with Crippen molar-refractivity contribution < 1.29 is 4.79 Å². The van der Waals surface area contributed by atoms with E-state index in [4.69, 9.17) is 28.9 Å². The molecule has 0 radical (unpaired) electrons. The normalized spacial score (nSPS) is 16.7. The summed E-state index contributed by atoms with van der Waals surface area (Å²) >= 11 is 12.5. The second kappa shape index (κ2) is 6.87. The number of nitrogens with zero attached hydrogens (tertiary/aromatic N) is 2. The zero-order valence-electron chi connectivity index (χ0n) is 13.0. The number of carbonyl (C=O) groups is 1. The summed E-state index contributed by atoms with van der Waals surface area (Å²) in [4.78, 5) is 18.2. The van der Waals surface area contributed by atoms with Crippen LogP contribution in [-0.2, 0) is 4.79 Å². The van der Waals surface area contributed by atoms with Crippen molar-refractivity contribution in [2.75, 3.05) is 23.3 Å². The van der Waals surface area contributed by atoms with E-state index in [1.54, 1.807) is 12.4 Å². The number of rotatable bonds is 4. The van der Waals surface area contributed by atoms with Gasteiger partial charge in [0, 0.05) is 31.2 Å². The highest BCUT2D eigenvalue weighted by molar-refractivity contribution is 6.38. The fourth-order valence-electron chi connectivity index (χ4n) is 3.05. The van der Waals surface area contributed by atoms with Crippen LogP contribution in [0.3, 0.4) is 0 Å². The standard InChI is InChI=1S/C17H18Cl2N4O/c18-13-10-21-11-14(19)15(13)23-8-6-17(7-9-23,16(20)24)22-12-4-2-1-3-5-12/h1-5,10-11,22H,6-9H2,(H2,20,24). The third-order valence-electron chi connectivity index (χ3n) is 4.39. The molecule has 0 spiro atoms. The number of hydrogen-bond donors (Lipinski definition) is 2. The van der Waals surface area contributed by atoms with Gasteiger partial charge in [0.15, 0.2) is 0 Å². The highest BCUT2D eigenvalue weighted by Gasteiger charge is 2.40. The van der Waals surface area contributed by atoms with Crippen molar-refractivity contribution in [1.82, 2.24) is 4.98 Å². The minimum absolute atomic E-state index is 0.349. The number of para-hydroxylation sites is 1. The first-order valence-corrected chi connectivity index (χ1v) is 8.44. The third kappa shape index (κ3) is 3.28. The Kier molecular flexibility index (Phi) is 4.83. The molecule has 1 saturated heterocycles. The number of carbonyl (C=O) groups excluding carboxylic acids is 1. The number of nitrogens with two attached hydrogens (primary N) is 1. The molecule has 7 heteroatoms. The van der Waals surface area contributed by atoms with Gasteiger partial charge in [-0.25, -0.2) is 0 Å². The molecular weight excluding hydrogens is 347 g/mol. The Balaban J connectivity index is 1.79. The molecule has 2 aromatic rings. The first-order chi connectivity index (χ1) is 11.5. The summed E-state index contributed by atoms with van der Waals surface area (Å²) in [5, 5.41) is 4.32. The second-order valence-electron chi connectivity index (χ2n) is 5.88. The van der Waals surface area contributed by atoms with Gasteiger partial charge in [-0.2, -0.15) is 0 Å². The first kappa shape index (κ1) is 16.9. The second-order valence-corrected chi connectivity index (χ2v) is 6.69. The molecule has 1 aromatic carbocycles. The molecule has 3 rings (SSSR count). The number of piperidine rings is 1. The molecule has 0 aliphatic carbocycles. The van der Waals surface area contributed by atoms with Gasteiger partial charge in [0.1, 0.15) is 5.54 Å². The van der Waals surface area contributed by atoms with Crippen molar-refractivity contribution in [2.45, 2.75) is 18.4 Å². The van der Waals surface area contributed by atoms with Gasteiger partial charge in [-0.05, 0) is 25.0 Å². The Morgan fingerprint density at radius 1 is 1.12 bits per heavy atom. The molecule has 3 N–H and O–H groups in total. The molecule has 0 bridgehead atoms. The van der Waals surface area contributed by atoms with Gasteiger partial charge < -0.3 is 16.0 Å². The summed E-state index contributed by atoms with van der Waals surface area (Å²) < 4.78 is 0. The predicted octanol–water partition coefficient (Wildman–Crippen LogP) is 3.32. The van der Waals surface area contributed by atoms with Crippen LogP contribution in [0.5, 0.6) is 0 Å². The van der Waals surface area contributed by atoms with E-state index in [0.717, 1.165) is 11.4 Å². The molecule has 1 aliphatic rings. The van der Waals surface area contributed by atoms with E-state index in [1.165, 1.54) is 0 Å². The molecule has 2 heterocycles. The molecule has 1 aromatic heterocycles. The van der Waals surface area contributed by atoms with Crippen molar-refractivity contribution in [3.05, 3.63) is 52.8 Å². The molecule has 1 amide bonds. The highest BCUT2D eigenvalue weighted by Crippen LogP contribution is 2.36. The fourth-order valence-corrected chi connectivity index (χ4v) is 3.65. The topological polar surface area (TPSA) is 71.2 Å². The van der Waals surface area contributed by atoms with Crippen LogP contribution in [-0.4, -0.2) is 29.5 Å². The number of primary amides is 1. The van der Waals surface area contributed by atoms with Gasteiger partial charge in [0.2, 0.25) is 5.91 Å². The average molecular weight is 365 g/mol. The van der Waals surface area contributed by atoms with Crippen LogP contribution in [0.25, 0.3) is 0 Å². The first-order valence-electron chi connectivity index (χ1n) is 7.69. The van der Waals surface area contributed by atoms with Crippen molar-refractivity contribution in [2.24, 2.45) is 5.73 Å². The maximum atomic E-state index is 12.1. The number of amides is 1. The number of halogens is 2. The molecule has 0 saturated carbocycles. The van der Waals surface area contributed by atoms with E-state index in [2.05, 4.69) is 15.2 Å². The lowest BCUT2D eigenvalue weighted by Gasteiger charge is -2.42. The Bertz CT molecular complexity index is 710. The van der Waals surface area contributed by atoms with Crippen LogP contribution in [0.15, 0.2) is 42.7 Å². The Morgan fingerprint density at radius 2 is 1.71 bits per heavy atom. The van der Waals surface area contributed by atoms with Crippen molar-refractivity contribution in [3.8, 4) is 0 Å². The summed E-state index contributed by atoms with van der Waals surface area (Å²) in [6, 6.07) is 9.62. The molecule has 1 fully saturated rings. The van der Waals surface area contributed by atoms with E-state index >= 15 is 0 Å². The van der Waals surface area contributed by atoms with E-state index in [0.29, 0.717) is 36.0 Å². The zero-order chi connectivity index (χ0) is 17.2. The van der Waals surface area contributed by atoms with E-state index < -0.39 is 5.54 Å². The van der Waals surface area contributed by atoms with Gasteiger partial charge in [-0.1, -0.05) is 41.4 Å². The van der Waals surface area contributed by atoms with Crippen LogP contribution < -0.4 is 16.0 Å². The summed E-state index contributed by atoms with van der Waals surface area (Å²) in [5.74, 6) is -0.349. The lowest BCUT2D eigenvalue weighted by atomic mass is 9.86. The number of aromatic nitrogens is 1. The van der Waals surface area contributed by atoms with Crippen LogP contribution in [0.4, 0.5) is 11.4 Å². The fraction of sp³-hybridized carbons (Fsp3) is 0.294. The van der Waals surface area contributed by atoms with Gasteiger partial charge in [0.05, 0.1) is 15.7 Å². The maximum Gasteiger partial charge on any atom is 0.243 e. The van der Waals surface area contributed by atoms with Crippen LogP contribution in [0.2, 0.25) is 10.0 Å². The number of anilines is 2. The molecule has 126 valence electrons. The molecule has 24 heavy (non-hydrogen) atoms. The Labute approximate surface area is 150 Å².